The highest BCUT2D eigenvalue weighted by Crippen LogP contribution is 2.08. The van der Waals surface area contributed by atoms with Crippen LogP contribution in [-0.2, 0) is 5.88 Å². The van der Waals surface area contributed by atoms with Gasteiger partial charge in [-0.15, -0.1) is 11.6 Å². The first-order valence-corrected chi connectivity index (χ1v) is 7.67. The highest BCUT2D eigenvalue weighted by molar-refractivity contribution is 6.16. The van der Waals surface area contributed by atoms with Gasteiger partial charge in [-0.25, -0.2) is 13.8 Å². The number of aromatic nitrogens is 3. The summed E-state index contributed by atoms with van der Waals surface area (Å²) in [6.45, 7) is 0.471. The highest BCUT2D eigenvalue weighted by Gasteiger charge is 2.32. The van der Waals surface area contributed by atoms with Gasteiger partial charge in [-0.3, -0.25) is 9.59 Å². The van der Waals surface area contributed by atoms with Gasteiger partial charge < -0.3 is 20.4 Å². The zero-order valence-corrected chi connectivity index (χ0v) is 13.8. The van der Waals surface area contributed by atoms with Crippen LogP contribution in [0.2, 0.25) is 0 Å². The Morgan fingerprint density at radius 1 is 1.28 bits per heavy atom. The molecule has 0 spiro atoms. The third kappa shape index (κ3) is 3.48. The van der Waals surface area contributed by atoms with Gasteiger partial charge in [0.2, 0.25) is 0 Å². The first-order chi connectivity index (χ1) is 11.7. The Balaban J connectivity index is 2.66. The van der Waals surface area contributed by atoms with Crippen molar-refractivity contribution < 1.29 is 25.2 Å². The molecule has 0 amide bonds. The minimum absolute atomic E-state index is 0.0277. The Labute approximate surface area is 145 Å². The van der Waals surface area contributed by atoms with Crippen LogP contribution in [0.25, 0.3) is 5.65 Å². The summed E-state index contributed by atoms with van der Waals surface area (Å²) in [5.41, 5.74) is -1.46. The van der Waals surface area contributed by atoms with E-state index in [0.717, 1.165) is 10.5 Å². The Bertz CT molecular complexity index is 923. The molecule has 25 heavy (non-hydrogen) atoms. The van der Waals surface area contributed by atoms with Gasteiger partial charge in [0, 0.05) is 23.5 Å². The van der Waals surface area contributed by atoms with Crippen LogP contribution in [0.3, 0.4) is 0 Å². The number of rotatable bonds is 5. The van der Waals surface area contributed by atoms with Gasteiger partial charge in [0.15, 0.2) is 6.10 Å². The molecule has 2 rings (SSSR count). The van der Waals surface area contributed by atoms with Crippen molar-refractivity contribution in [3.8, 4) is 0 Å². The molecule has 3 atom stereocenters. The van der Waals surface area contributed by atoms with Crippen molar-refractivity contribution in [3.05, 3.63) is 44.4 Å². The maximum absolute atomic E-state index is 12.6. The van der Waals surface area contributed by atoms with Gasteiger partial charge >= 0.3 is 5.69 Å². The third-order valence-corrected chi connectivity index (χ3v) is 3.89. The molecule has 10 nitrogen and oxygen atoms in total. The number of hydrogen-bond donors (Lipinski definition) is 4. The fourth-order valence-corrected chi connectivity index (χ4v) is 2.53. The number of alkyl halides is 1. The lowest BCUT2D eigenvalue weighted by Crippen LogP contribution is -2.49. The number of carbonyl (C=O) groups is 1. The summed E-state index contributed by atoms with van der Waals surface area (Å²) in [4.78, 5) is 40.2. The second-order valence-corrected chi connectivity index (χ2v) is 5.61. The highest BCUT2D eigenvalue weighted by atomic mass is 35.5. The maximum Gasteiger partial charge on any atom is 0.341 e. The minimum atomic E-state index is -2.16. The molecule has 136 valence electrons. The topological polar surface area (TPSA) is 154 Å². The van der Waals surface area contributed by atoms with Crippen molar-refractivity contribution >= 4 is 23.2 Å². The van der Waals surface area contributed by atoms with Crippen LogP contribution < -0.4 is 11.2 Å². The van der Waals surface area contributed by atoms with E-state index in [2.05, 4.69) is 4.98 Å². The molecule has 2 aromatic rings. The van der Waals surface area contributed by atoms with E-state index in [1.807, 2.05) is 0 Å². The lowest BCUT2D eigenvalue weighted by molar-refractivity contribution is -0.0670. The second-order valence-electron chi connectivity index (χ2n) is 5.34. The smallest absolute Gasteiger partial charge is 0.341 e. The molecular formula is C14H16ClN3O7. The molecule has 4 N–H and O–H groups in total. The van der Waals surface area contributed by atoms with Crippen LogP contribution in [0.5, 0.6) is 0 Å². The van der Waals surface area contributed by atoms with Gasteiger partial charge in [-0.05, 0) is 6.92 Å². The predicted molar refractivity (Wildman–Crippen MR) is 85.7 cm³/mol. The first kappa shape index (κ1) is 19.2. The van der Waals surface area contributed by atoms with E-state index in [0.29, 0.717) is 4.57 Å². The molecule has 2 aromatic heterocycles. The van der Waals surface area contributed by atoms with Crippen molar-refractivity contribution in [2.24, 2.45) is 0 Å². The summed E-state index contributed by atoms with van der Waals surface area (Å²) in [7, 11) is 0. The molecule has 0 saturated carbocycles. The van der Waals surface area contributed by atoms with Gasteiger partial charge in [0.25, 0.3) is 11.5 Å². The van der Waals surface area contributed by atoms with Crippen LogP contribution in [0.1, 0.15) is 16.2 Å². The van der Waals surface area contributed by atoms with Gasteiger partial charge in [-0.1, -0.05) is 0 Å². The minimum Gasteiger partial charge on any atom is -0.394 e. The molecule has 0 bridgehead atoms. The summed E-state index contributed by atoms with van der Waals surface area (Å²) in [6.07, 6.45) is -5.94. The summed E-state index contributed by atoms with van der Waals surface area (Å²) in [6, 6.07) is 2.30. The molecule has 0 aromatic carbocycles. The van der Waals surface area contributed by atoms with E-state index in [9.17, 15) is 29.7 Å². The quantitative estimate of drug-likeness (QED) is 0.423. The predicted octanol–water partition coefficient (Wildman–Crippen LogP) is -2.38. The number of aliphatic hydroxyl groups excluding tert-OH is 4. The Morgan fingerprint density at radius 3 is 2.48 bits per heavy atom. The number of hydrogen-bond acceptors (Lipinski definition) is 8. The van der Waals surface area contributed by atoms with Crippen molar-refractivity contribution in [1.82, 2.24) is 14.0 Å². The summed E-state index contributed by atoms with van der Waals surface area (Å²) in [5, 5.41) is 37.7. The summed E-state index contributed by atoms with van der Waals surface area (Å²) in [5.74, 6) is -1.43. The van der Waals surface area contributed by atoms with Gasteiger partial charge in [0.05, 0.1) is 12.5 Å². The van der Waals surface area contributed by atoms with E-state index in [1.165, 1.54) is 13.0 Å². The fourth-order valence-electron chi connectivity index (χ4n) is 2.33. The molecule has 0 radical (unpaired) electrons. The van der Waals surface area contributed by atoms with Crippen LogP contribution in [0.4, 0.5) is 0 Å². The molecular weight excluding hydrogens is 358 g/mol. The first-order valence-electron chi connectivity index (χ1n) is 7.13. The summed E-state index contributed by atoms with van der Waals surface area (Å²) < 4.78 is 1.49. The number of nitrogens with zero attached hydrogens (tertiary/aromatic N) is 3. The van der Waals surface area contributed by atoms with Crippen LogP contribution in [-0.4, -0.2) is 65.2 Å². The second kappa shape index (κ2) is 7.42. The van der Waals surface area contributed by atoms with Crippen molar-refractivity contribution in [2.75, 3.05) is 6.61 Å². The van der Waals surface area contributed by atoms with Crippen LogP contribution in [0.15, 0.2) is 21.7 Å². The average molecular weight is 374 g/mol. The molecule has 2 heterocycles. The van der Waals surface area contributed by atoms with Crippen LogP contribution in [0, 0.1) is 6.92 Å². The normalized spacial score (nSPS) is 15.1. The molecule has 0 aliphatic carbocycles. The van der Waals surface area contributed by atoms with Gasteiger partial charge in [-0.2, -0.15) is 4.98 Å². The number of fused-ring (bicyclic) bond motifs is 1. The average Bonchev–Trinajstić information content (AvgIpc) is 2.58. The Hall–Kier alpha value is -2.11. The molecule has 0 fully saturated rings. The lowest BCUT2D eigenvalue weighted by Gasteiger charge is -2.22. The molecule has 3 unspecified atom stereocenters. The fraction of sp³-hybridized carbons (Fsp3) is 0.429. The monoisotopic (exact) mass is 373 g/mol. The SMILES string of the molecule is Cc1cc2nc(=O)cc(CCl)n2c(=O)n1C(=O)C(O)C(O)C(O)CO. The standard InChI is InChI=1S/C14H16ClN3O7/c1-6-2-9-16-10(21)3-7(4-15)18(9)14(25)17(6)13(24)12(23)11(22)8(20)5-19/h2-3,8,11-12,19-20,22-23H,4-5H2,1H3. The van der Waals surface area contributed by atoms with Gasteiger partial charge in [0.1, 0.15) is 17.9 Å². The zero-order chi connectivity index (χ0) is 18.9. The van der Waals surface area contributed by atoms with E-state index in [-0.39, 0.29) is 22.9 Å². The third-order valence-electron chi connectivity index (χ3n) is 3.62. The number of aliphatic hydroxyl groups is 4. The number of halogens is 1. The van der Waals surface area contributed by atoms with Crippen LogP contribution >= 0.6 is 11.6 Å². The van der Waals surface area contributed by atoms with Crippen molar-refractivity contribution in [2.45, 2.75) is 31.1 Å². The molecule has 0 aliphatic heterocycles. The largest absolute Gasteiger partial charge is 0.394 e. The molecule has 0 saturated heterocycles. The Kier molecular flexibility index (Phi) is 5.70. The van der Waals surface area contributed by atoms with Crippen molar-refractivity contribution in [1.29, 1.82) is 0 Å². The zero-order valence-electron chi connectivity index (χ0n) is 13.0. The number of aryl methyl sites for hydroxylation is 1. The lowest BCUT2D eigenvalue weighted by atomic mass is 10.1. The number of carbonyl (C=O) groups excluding carboxylic acids is 1. The maximum atomic E-state index is 12.6. The molecule has 0 aliphatic rings. The van der Waals surface area contributed by atoms with E-state index >= 15 is 0 Å². The Morgan fingerprint density at radius 2 is 1.92 bits per heavy atom. The van der Waals surface area contributed by atoms with E-state index in [1.54, 1.807) is 0 Å². The van der Waals surface area contributed by atoms with Crippen molar-refractivity contribution in [3.63, 3.8) is 0 Å². The van der Waals surface area contributed by atoms with E-state index in [4.69, 9.17) is 16.7 Å². The van der Waals surface area contributed by atoms with E-state index < -0.39 is 42.1 Å². The molecule has 11 heteroatoms. The summed E-state index contributed by atoms with van der Waals surface area (Å²) >= 11 is 5.72.